The van der Waals surface area contributed by atoms with E-state index in [4.69, 9.17) is 4.74 Å². The number of ether oxygens (including phenoxy) is 1. The second-order valence-electron chi connectivity index (χ2n) is 3.52. The van der Waals surface area contributed by atoms with E-state index in [0.717, 1.165) is 6.42 Å². The smallest absolute Gasteiger partial charge is 0.251 e. The van der Waals surface area contributed by atoms with Crippen LogP contribution in [0.3, 0.4) is 0 Å². The summed E-state index contributed by atoms with van der Waals surface area (Å²) in [5, 5.41) is 15.9. The van der Waals surface area contributed by atoms with Gasteiger partial charge in [0.1, 0.15) is 6.61 Å². The molecule has 2 amide bonds. The molecule has 2 N–H and O–H groups in total. The Morgan fingerprint density at radius 1 is 1.24 bits per heavy atom. The molecule has 0 rings (SSSR count). The molecule has 0 aliphatic heterocycles. The monoisotopic (exact) mass is 245 g/mol. The summed E-state index contributed by atoms with van der Waals surface area (Å²) >= 11 is 0. The Morgan fingerprint density at radius 3 is 2.47 bits per heavy atom. The summed E-state index contributed by atoms with van der Waals surface area (Å²) in [4.78, 5) is 22.5. The Balaban J connectivity index is 3.81. The Hall–Kier alpha value is -1.14. The lowest BCUT2D eigenvalue weighted by atomic mass is 10.3. The highest BCUT2D eigenvalue weighted by molar-refractivity contribution is 5.81. The predicted octanol–water partition coefficient (Wildman–Crippen LogP) is -0.145. The van der Waals surface area contributed by atoms with Gasteiger partial charge in [0.2, 0.25) is 5.91 Å². The van der Waals surface area contributed by atoms with Crippen LogP contribution in [0.1, 0.15) is 26.7 Å². The standard InChI is InChI=1S/C11H21N2O4/c1-3-6-13-11(16)9(8-14)17-7-5-10(15)12-4-2/h9H,3-8H2,1-2H3,(H,12,15)(H,13,16). The zero-order valence-electron chi connectivity index (χ0n) is 10.5. The molecular formula is C11H21N2O4. The molecule has 0 aromatic heterocycles. The Kier molecular flexibility index (Phi) is 9.37. The lowest BCUT2D eigenvalue weighted by Crippen LogP contribution is -2.39. The van der Waals surface area contributed by atoms with Crippen molar-refractivity contribution < 1.29 is 19.4 Å². The van der Waals surface area contributed by atoms with Crippen LogP contribution in [0, 0.1) is 0 Å². The van der Waals surface area contributed by atoms with Gasteiger partial charge in [0, 0.05) is 19.5 Å². The van der Waals surface area contributed by atoms with Gasteiger partial charge in [0.15, 0.2) is 6.10 Å². The van der Waals surface area contributed by atoms with Crippen LogP contribution < -0.4 is 10.6 Å². The Bertz CT molecular complexity index is 234. The second kappa shape index (κ2) is 10.0. The van der Waals surface area contributed by atoms with E-state index in [1.54, 1.807) is 0 Å². The maximum Gasteiger partial charge on any atom is 0.251 e. The SMILES string of the molecule is CCCNC(=O)C(C[O])OCCC(=O)NCC. The van der Waals surface area contributed by atoms with Crippen molar-refractivity contribution in [2.24, 2.45) is 0 Å². The third kappa shape index (κ3) is 7.70. The van der Waals surface area contributed by atoms with Crippen LogP contribution in [-0.2, 0) is 19.4 Å². The molecule has 0 fully saturated rings. The van der Waals surface area contributed by atoms with Crippen LogP contribution in [0.4, 0.5) is 0 Å². The molecule has 0 aliphatic carbocycles. The summed E-state index contributed by atoms with van der Waals surface area (Å²) in [5.74, 6) is -0.552. The van der Waals surface area contributed by atoms with Gasteiger partial charge in [-0.2, -0.15) is 0 Å². The van der Waals surface area contributed by atoms with E-state index < -0.39 is 18.6 Å². The summed E-state index contributed by atoms with van der Waals surface area (Å²) < 4.78 is 5.08. The van der Waals surface area contributed by atoms with Crippen molar-refractivity contribution in [3.63, 3.8) is 0 Å². The molecule has 0 aromatic carbocycles. The average molecular weight is 245 g/mol. The van der Waals surface area contributed by atoms with E-state index >= 15 is 0 Å². The van der Waals surface area contributed by atoms with Gasteiger partial charge in [-0.25, -0.2) is 5.11 Å². The van der Waals surface area contributed by atoms with Crippen LogP contribution >= 0.6 is 0 Å². The van der Waals surface area contributed by atoms with E-state index in [0.29, 0.717) is 13.1 Å². The van der Waals surface area contributed by atoms with Crippen molar-refractivity contribution in [3.8, 4) is 0 Å². The third-order valence-corrected chi connectivity index (χ3v) is 2.02. The fraction of sp³-hybridized carbons (Fsp3) is 0.818. The van der Waals surface area contributed by atoms with E-state index in [-0.39, 0.29) is 18.9 Å². The molecule has 0 saturated carbocycles. The van der Waals surface area contributed by atoms with Crippen molar-refractivity contribution in [2.45, 2.75) is 32.8 Å². The minimum absolute atomic E-state index is 0.0816. The lowest BCUT2D eigenvalue weighted by Gasteiger charge is -2.14. The Morgan fingerprint density at radius 2 is 1.94 bits per heavy atom. The fourth-order valence-corrected chi connectivity index (χ4v) is 1.14. The van der Waals surface area contributed by atoms with Crippen LogP contribution in [0.5, 0.6) is 0 Å². The first-order chi connectivity index (χ1) is 8.15. The van der Waals surface area contributed by atoms with Crippen molar-refractivity contribution in [1.82, 2.24) is 10.6 Å². The number of hydrogen-bond donors (Lipinski definition) is 2. The van der Waals surface area contributed by atoms with Gasteiger partial charge < -0.3 is 15.4 Å². The van der Waals surface area contributed by atoms with Gasteiger partial charge in [0.25, 0.3) is 5.91 Å². The lowest BCUT2D eigenvalue weighted by molar-refractivity contribution is -0.138. The average Bonchev–Trinajstić information content (AvgIpc) is 2.32. The molecule has 0 heterocycles. The van der Waals surface area contributed by atoms with Gasteiger partial charge in [-0.3, -0.25) is 9.59 Å². The molecule has 0 aromatic rings. The van der Waals surface area contributed by atoms with Crippen molar-refractivity contribution in [3.05, 3.63) is 0 Å². The molecule has 1 atom stereocenters. The molecule has 0 spiro atoms. The first-order valence-electron chi connectivity index (χ1n) is 5.89. The number of nitrogens with one attached hydrogen (secondary N) is 2. The zero-order chi connectivity index (χ0) is 13.1. The molecular weight excluding hydrogens is 224 g/mol. The van der Waals surface area contributed by atoms with E-state index in [2.05, 4.69) is 10.6 Å². The number of carbonyl (C=O) groups excluding carboxylic acids is 2. The van der Waals surface area contributed by atoms with Crippen molar-refractivity contribution in [2.75, 3.05) is 26.3 Å². The van der Waals surface area contributed by atoms with Gasteiger partial charge in [-0.1, -0.05) is 6.92 Å². The fourth-order valence-electron chi connectivity index (χ4n) is 1.14. The Labute approximate surface area is 102 Å². The predicted molar refractivity (Wildman–Crippen MR) is 61.9 cm³/mol. The minimum Gasteiger partial charge on any atom is -0.365 e. The maximum absolute atomic E-state index is 11.4. The normalized spacial score (nSPS) is 11.9. The maximum atomic E-state index is 11.4. The van der Waals surface area contributed by atoms with Gasteiger partial charge in [-0.05, 0) is 13.3 Å². The minimum atomic E-state index is -1.00. The third-order valence-electron chi connectivity index (χ3n) is 2.02. The largest absolute Gasteiger partial charge is 0.365 e. The van der Waals surface area contributed by atoms with Crippen LogP contribution in [0.2, 0.25) is 0 Å². The highest BCUT2D eigenvalue weighted by atomic mass is 16.5. The molecule has 6 nitrogen and oxygen atoms in total. The first-order valence-corrected chi connectivity index (χ1v) is 5.89. The molecule has 0 saturated heterocycles. The number of rotatable bonds is 9. The molecule has 17 heavy (non-hydrogen) atoms. The van der Waals surface area contributed by atoms with E-state index in [1.807, 2.05) is 13.8 Å². The molecule has 6 heteroatoms. The molecule has 99 valence electrons. The van der Waals surface area contributed by atoms with Crippen molar-refractivity contribution >= 4 is 11.8 Å². The van der Waals surface area contributed by atoms with Gasteiger partial charge >= 0.3 is 0 Å². The molecule has 0 bridgehead atoms. The van der Waals surface area contributed by atoms with Gasteiger partial charge in [0.05, 0.1) is 6.61 Å². The quantitative estimate of drug-likeness (QED) is 0.592. The number of hydrogen-bond acceptors (Lipinski definition) is 3. The first kappa shape index (κ1) is 15.9. The second-order valence-corrected chi connectivity index (χ2v) is 3.52. The van der Waals surface area contributed by atoms with Crippen molar-refractivity contribution in [1.29, 1.82) is 0 Å². The summed E-state index contributed by atoms with van der Waals surface area (Å²) in [6.45, 7) is 4.26. The van der Waals surface area contributed by atoms with Crippen LogP contribution in [0.25, 0.3) is 0 Å². The summed E-state index contributed by atoms with van der Waals surface area (Å²) in [7, 11) is 0. The topological polar surface area (TPSA) is 87.3 Å². The molecule has 1 unspecified atom stereocenters. The number of amides is 2. The summed E-state index contributed by atoms with van der Waals surface area (Å²) in [5.41, 5.74) is 0. The highest BCUT2D eigenvalue weighted by Gasteiger charge is 2.18. The molecule has 1 radical (unpaired) electrons. The zero-order valence-corrected chi connectivity index (χ0v) is 10.5. The highest BCUT2D eigenvalue weighted by Crippen LogP contribution is 1.94. The summed E-state index contributed by atoms with van der Waals surface area (Å²) in [6, 6.07) is 0. The number of carbonyl (C=O) groups is 2. The van der Waals surface area contributed by atoms with Gasteiger partial charge in [-0.15, -0.1) is 0 Å². The van der Waals surface area contributed by atoms with Crippen LogP contribution in [0.15, 0.2) is 0 Å². The summed E-state index contributed by atoms with van der Waals surface area (Å²) in [6.07, 6.45) is -0.0438. The van der Waals surface area contributed by atoms with Crippen LogP contribution in [-0.4, -0.2) is 44.2 Å². The van der Waals surface area contributed by atoms with E-state index in [9.17, 15) is 14.7 Å². The molecule has 0 aliphatic rings. The van der Waals surface area contributed by atoms with E-state index in [1.165, 1.54) is 0 Å².